The summed E-state index contributed by atoms with van der Waals surface area (Å²) >= 11 is 0. The number of anilines is 3. The molecule has 0 spiro atoms. The number of benzene rings is 2. The van der Waals surface area contributed by atoms with Crippen molar-refractivity contribution in [1.82, 2.24) is 0 Å². The van der Waals surface area contributed by atoms with Crippen LogP contribution < -0.4 is 10.6 Å². The molecule has 0 fully saturated rings. The highest BCUT2D eigenvalue weighted by atomic mass is 15.1. The van der Waals surface area contributed by atoms with E-state index in [1.54, 1.807) is 0 Å². The minimum atomic E-state index is 0.600. The van der Waals surface area contributed by atoms with Gasteiger partial charge in [-0.3, -0.25) is 0 Å². The summed E-state index contributed by atoms with van der Waals surface area (Å²) < 4.78 is 0. The van der Waals surface area contributed by atoms with Crippen molar-refractivity contribution in [1.29, 1.82) is 0 Å². The highest BCUT2D eigenvalue weighted by Gasteiger charge is 2.10. The molecule has 18 heavy (non-hydrogen) atoms. The molecule has 2 N–H and O–H groups in total. The van der Waals surface area contributed by atoms with Gasteiger partial charge in [0.1, 0.15) is 0 Å². The Bertz CT molecular complexity index is 474. The van der Waals surface area contributed by atoms with Gasteiger partial charge in [0.05, 0.1) is 0 Å². The van der Waals surface area contributed by atoms with Crippen LogP contribution in [0.15, 0.2) is 54.6 Å². The van der Waals surface area contributed by atoms with Crippen LogP contribution >= 0.6 is 0 Å². The van der Waals surface area contributed by atoms with Gasteiger partial charge in [0.2, 0.25) is 0 Å². The normalized spacial score (nSPS) is 10.6. The average molecular weight is 240 g/mol. The number of hydrogen-bond donors (Lipinski definition) is 1. The topological polar surface area (TPSA) is 29.3 Å². The first-order valence-electron chi connectivity index (χ1n) is 6.35. The summed E-state index contributed by atoms with van der Waals surface area (Å²) in [6, 6.07) is 18.5. The van der Waals surface area contributed by atoms with Crippen molar-refractivity contribution in [3.8, 4) is 0 Å². The minimum absolute atomic E-state index is 0.600. The van der Waals surface area contributed by atoms with Gasteiger partial charge < -0.3 is 10.6 Å². The second-order valence-corrected chi connectivity index (χ2v) is 4.93. The van der Waals surface area contributed by atoms with Crippen molar-refractivity contribution in [2.75, 3.05) is 17.2 Å². The van der Waals surface area contributed by atoms with Crippen molar-refractivity contribution in [3.63, 3.8) is 0 Å². The maximum absolute atomic E-state index is 5.75. The molecule has 0 heterocycles. The summed E-state index contributed by atoms with van der Waals surface area (Å²) in [5, 5.41) is 0. The van der Waals surface area contributed by atoms with E-state index < -0.39 is 0 Å². The molecule has 2 rings (SSSR count). The van der Waals surface area contributed by atoms with Gasteiger partial charge in [-0.15, -0.1) is 0 Å². The number of nitrogen functional groups attached to an aromatic ring is 1. The number of rotatable bonds is 4. The lowest BCUT2D eigenvalue weighted by atomic mass is 10.1. The maximum atomic E-state index is 5.75. The summed E-state index contributed by atoms with van der Waals surface area (Å²) in [6.45, 7) is 5.45. The molecule has 0 aliphatic heterocycles. The molecule has 0 aromatic heterocycles. The van der Waals surface area contributed by atoms with E-state index in [-0.39, 0.29) is 0 Å². The van der Waals surface area contributed by atoms with Gasteiger partial charge >= 0.3 is 0 Å². The molecule has 0 unspecified atom stereocenters. The average Bonchev–Trinajstić information content (AvgIpc) is 2.38. The van der Waals surface area contributed by atoms with Crippen LogP contribution in [-0.4, -0.2) is 6.54 Å². The number of nitrogens with two attached hydrogens (primary N) is 1. The zero-order valence-corrected chi connectivity index (χ0v) is 11.0. The Balaban J connectivity index is 2.33. The summed E-state index contributed by atoms with van der Waals surface area (Å²) in [6.07, 6.45) is 0. The Kier molecular flexibility index (Phi) is 3.88. The van der Waals surface area contributed by atoms with Gasteiger partial charge in [0.25, 0.3) is 0 Å². The molecule has 2 nitrogen and oxygen atoms in total. The van der Waals surface area contributed by atoms with Crippen molar-refractivity contribution >= 4 is 17.1 Å². The highest BCUT2D eigenvalue weighted by Crippen LogP contribution is 2.26. The second-order valence-electron chi connectivity index (χ2n) is 4.93. The molecular formula is C16H20N2. The fourth-order valence-corrected chi connectivity index (χ4v) is 1.99. The van der Waals surface area contributed by atoms with Crippen LogP contribution in [0, 0.1) is 5.92 Å². The molecule has 0 atom stereocenters. The second kappa shape index (κ2) is 5.58. The fraction of sp³-hybridized carbons (Fsp3) is 0.250. The van der Waals surface area contributed by atoms with E-state index in [1.165, 1.54) is 11.4 Å². The molecule has 2 aromatic carbocycles. The molecule has 0 aliphatic carbocycles. The lowest BCUT2D eigenvalue weighted by molar-refractivity contribution is 0.651. The Hall–Kier alpha value is -1.96. The first-order chi connectivity index (χ1) is 8.66. The van der Waals surface area contributed by atoms with Crippen molar-refractivity contribution in [3.05, 3.63) is 54.6 Å². The van der Waals surface area contributed by atoms with Gasteiger partial charge in [0, 0.05) is 23.6 Å². The van der Waals surface area contributed by atoms with Gasteiger partial charge in [-0.05, 0) is 42.3 Å². The van der Waals surface area contributed by atoms with Crippen molar-refractivity contribution < 1.29 is 0 Å². The summed E-state index contributed by atoms with van der Waals surface area (Å²) in [4.78, 5) is 2.32. The van der Waals surface area contributed by atoms with Crippen molar-refractivity contribution in [2.45, 2.75) is 13.8 Å². The Labute approximate surface area is 109 Å². The number of hydrogen-bond acceptors (Lipinski definition) is 2. The smallest absolute Gasteiger partial charge is 0.0412 e. The lowest BCUT2D eigenvalue weighted by Gasteiger charge is -2.27. The molecule has 94 valence electrons. The van der Waals surface area contributed by atoms with E-state index in [4.69, 9.17) is 5.73 Å². The van der Waals surface area contributed by atoms with Crippen LogP contribution in [0.5, 0.6) is 0 Å². The van der Waals surface area contributed by atoms with Crippen LogP contribution in [-0.2, 0) is 0 Å². The Morgan fingerprint density at radius 1 is 0.889 bits per heavy atom. The van der Waals surface area contributed by atoms with Crippen LogP contribution in [0.25, 0.3) is 0 Å². The van der Waals surface area contributed by atoms with E-state index in [2.05, 4.69) is 55.1 Å². The highest BCUT2D eigenvalue weighted by molar-refractivity contribution is 5.64. The van der Waals surface area contributed by atoms with Gasteiger partial charge in [-0.2, -0.15) is 0 Å². The number of nitrogens with zero attached hydrogens (tertiary/aromatic N) is 1. The van der Waals surface area contributed by atoms with E-state index in [9.17, 15) is 0 Å². The summed E-state index contributed by atoms with van der Waals surface area (Å²) in [5.41, 5.74) is 8.95. The maximum Gasteiger partial charge on any atom is 0.0412 e. The van der Waals surface area contributed by atoms with Crippen molar-refractivity contribution in [2.24, 2.45) is 5.92 Å². The predicted molar refractivity (Wildman–Crippen MR) is 79.1 cm³/mol. The molecule has 0 amide bonds. The molecular weight excluding hydrogens is 220 g/mol. The van der Waals surface area contributed by atoms with Gasteiger partial charge in [-0.1, -0.05) is 32.0 Å². The quantitative estimate of drug-likeness (QED) is 0.816. The van der Waals surface area contributed by atoms with Crippen LogP contribution in [0.2, 0.25) is 0 Å². The lowest BCUT2D eigenvalue weighted by Crippen LogP contribution is -2.22. The summed E-state index contributed by atoms with van der Waals surface area (Å²) in [7, 11) is 0. The van der Waals surface area contributed by atoms with E-state index >= 15 is 0 Å². The monoisotopic (exact) mass is 240 g/mol. The molecule has 0 radical (unpaired) electrons. The SMILES string of the molecule is CC(C)CN(c1ccccc1)c1ccc(N)cc1. The first-order valence-corrected chi connectivity index (χ1v) is 6.35. The van der Waals surface area contributed by atoms with E-state index in [0.29, 0.717) is 5.92 Å². The molecule has 0 bridgehead atoms. The standard InChI is InChI=1S/C16H20N2/c1-13(2)12-18(15-6-4-3-5-7-15)16-10-8-14(17)9-11-16/h3-11,13H,12,17H2,1-2H3. The zero-order chi connectivity index (χ0) is 13.0. The third-order valence-electron chi connectivity index (χ3n) is 2.82. The first kappa shape index (κ1) is 12.5. The number of para-hydroxylation sites is 1. The molecule has 2 heteroatoms. The summed E-state index contributed by atoms with van der Waals surface area (Å²) in [5.74, 6) is 0.600. The van der Waals surface area contributed by atoms with Gasteiger partial charge in [-0.25, -0.2) is 0 Å². The zero-order valence-electron chi connectivity index (χ0n) is 11.0. The molecule has 0 aliphatic rings. The Morgan fingerprint density at radius 3 is 2.00 bits per heavy atom. The molecule has 0 saturated heterocycles. The molecule has 2 aromatic rings. The Morgan fingerprint density at radius 2 is 1.44 bits per heavy atom. The predicted octanol–water partition coefficient (Wildman–Crippen LogP) is 4.06. The van der Waals surface area contributed by atoms with E-state index in [1.807, 2.05) is 18.2 Å². The third kappa shape index (κ3) is 3.04. The fourth-order valence-electron chi connectivity index (χ4n) is 1.99. The van der Waals surface area contributed by atoms with E-state index in [0.717, 1.165) is 12.2 Å². The third-order valence-corrected chi connectivity index (χ3v) is 2.82. The van der Waals surface area contributed by atoms with Crippen LogP contribution in [0.3, 0.4) is 0 Å². The van der Waals surface area contributed by atoms with Gasteiger partial charge in [0.15, 0.2) is 0 Å². The van der Waals surface area contributed by atoms with Crippen LogP contribution in [0.1, 0.15) is 13.8 Å². The largest absolute Gasteiger partial charge is 0.399 e. The molecule has 0 saturated carbocycles. The van der Waals surface area contributed by atoms with Crippen LogP contribution in [0.4, 0.5) is 17.1 Å². The minimum Gasteiger partial charge on any atom is -0.399 e.